The molecule has 2 heterocycles. The van der Waals surface area contributed by atoms with Gasteiger partial charge in [0.25, 0.3) is 0 Å². The molecule has 20 heavy (non-hydrogen) atoms. The highest BCUT2D eigenvalue weighted by atomic mass is 19.4. The summed E-state index contributed by atoms with van der Waals surface area (Å²) in [5.74, 6) is -1.23. The lowest BCUT2D eigenvalue weighted by molar-refractivity contribution is -0.151. The lowest BCUT2D eigenvalue weighted by atomic mass is 10.0. The van der Waals surface area contributed by atoms with E-state index < -0.39 is 24.4 Å². The maximum atomic E-state index is 12.4. The fourth-order valence-corrected chi connectivity index (χ4v) is 2.19. The van der Waals surface area contributed by atoms with Crippen LogP contribution < -0.4 is 9.64 Å². The quantitative estimate of drug-likeness (QED) is 0.840. The zero-order chi connectivity index (χ0) is 14.9. The highest BCUT2D eigenvalue weighted by Crippen LogP contribution is 2.34. The summed E-state index contributed by atoms with van der Waals surface area (Å²) in [6.07, 6.45) is -2.82. The van der Waals surface area contributed by atoms with Gasteiger partial charge in [-0.3, -0.25) is 9.78 Å². The number of amides is 1. The molecule has 1 aromatic rings. The molecule has 0 saturated carbocycles. The minimum atomic E-state index is -4.36. The summed E-state index contributed by atoms with van der Waals surface area (Å²) in [5, 5.41) is 0. The van der Waals surface area contributed by atoms with Crippen molar-refractivity contribution in [3.63, 3.8) is 0 Å². The maximum absolute atomic E-state index is 12.4. The van der Waals surface area contributed by atoms with Gasteiger partial charge in [0.2, 0.25) is 5.91 Å². The number of aromatic nitrogens is 1. The molecule has 0 fully saturated rings. The second-order valence-corrected chi connectivity index (χ2v) is 4.94. The minimum absolute atomic E-state index is 0.222. The number of ether oxygens (including phenoxy) is 1. The third-order valence-electron chi connectivity index (χ3n) is 3.05. The van der Waals surface area contributed by atoms with Crippen LogP contribution in [-0.2, 0) is 4.79 Å². The van der Waals surface area contributed by atoms with Crippen LogP contribution in [0.15, 0.2) is 18.5 Å². The van der Waals surface area contributed by atoms with Crippen molar-refractivity contribution in [1.29, 1.82) is 0 Å². The van der Waals surface area contributed by atoms with Gasteiger partial charge in [0, 0.05) is 18.2 Å². The van der Waals surface area contributed by atoms with Gasteiger partial charge in [-0.15, -0.1) is 0 Å². The summed E-state index contributed by atoms with van der Waals surface area (Å²) in [7, 11) is 0. The van der Waals surface area contributed by atoms with E-state index in [0.717, 1.165) is 0 Å². The Hall–Kier alpha value is -1.79. The monoisotopic (exact) mass is 288 g/mol. The van der Waals surface area contributed by atoms with Crippen LogP contribution >= 0.6 is 0 Å². The molecule has 0 aromatic carbocycles. The van der Waals surface area contributed by atoms with Crippen LogP contribution in [0.2, 0.25) is 0 Å². The third-order valence-corrected chi connectivity index (χ3v) is 3.05. The SMILES string of the molecule is CC1CN(C(=O)C(C)CC(F)(F)F)c2cnccc2O1. The standard InChI is InChI=1S/C13H15F3N2O2/c1-8(5-13(14,15)16)12(19)18-7-9(2)20-11-3-4-17-6-10(11)18/h3-4,6,8-9H,5,7H2,1-2H3. The van der Waals surface area contributed by atoms with E-state index in [4.69, 9.17) is 4.74 Å². The van der Waals surface area contributed by atoms with Gasteiger partial charge in [0.05, 0.1) is 19.2 Å². The molecule has 1 aromatic heterocycles. The van der Waals surface area contributed by atoms with Crippen molar-refractivity contribution in [3.05, 3.63) is 18.5 Å². The van der Waals surface area contributed by atoms with Crippen LogP contribution in [-0.4, -0.2) is 29.7 Å². The lowest BCUT2D eigenvalue weighted by Gasteiger charge is -2.34. The summed E-state index contributed by atoms with van der Waals surface area (Å²) in [5.41, 5.74) is 0.421. The number of rotatable bonds is 2. The normalized spacial score (nSPS) is 20.1. The Labute approximate surface area is 114 Å². The number of anilines is 1. The van der Waals surface area contributed by atoms with Gasteiger partial charge in [-0.2, -0.15) is 13.2 Å². The predicted molar refractivity (Wildman–Crippen MR) is 66.5 cm³/mol. The maximum Gasteiger partial charge on any atom is 0.389 e. The van der Waals surface area contributed by atoms with E-state index in [-0.39, 0.29) is 12.6 Å². The van der Waals surface area contributed by atoms with Gasteiger partial charge >= 0.3 is 6.18 Å². The summed E-state index contributed by atoms with van der Waals surface area (Å²) in [6, 6.07) is 1.60. The summed E-state index contributed by atoms with van der Waals surface area (Å²) in [6.45, 7) is 3.27. The summed E-state index contributed by atoms with van der Waals surface area (Å²) in [4.78, 5) is 17.4. The number of carbonyl (C=O) groups is 1. The van der Waals surface area contributed by atoms with E-state index in [1.165, 1.54) is 24.2 Å². The molecular weight excluding hydrogens is 273 g/mol. The second kappa shape index (κ2) is 5.30. The number of alkyl halides is 3. The van der Waals surface area contributed by atoms with E-state index in [1.54, 1.807) is 13.0 Å². The topological polar surface area (TPSA) is 42.4 Å². The van der Waals surface area contributed by atoms with E-state index >= 15 is 0 Å². The van der Waals surface area contributed by atoms with Crippen LogP contribution in [0.1, 0.15) is 20.3 Å². The third kappa shape index (κ3) is 3.20. The van der Waals surface area contributed by atoms with Crippen molar-refractivity contribution >= 4 is 11.6 Å². The Morgan fingerprint density at radius 1 is 1.60 bits per heavy atom. The van der Waals surface area contributed by atoms with Crippen molar-refractivity contribution in [3.8, 4) is 5.75 Å². The average Bonchev–Trinajstić information content (AvgIpc) is 2.34. The minimum Gasteiger partial charge on any atom is -0.487 e. The van der Waals surface area contributed by atoms with Crippen molar-refractivity contribution < 1.29 is 22.7 Å². The molecular formula is C13H15F3N2O2. The second-order valence-electron chi connectivity index (χ2n) is 4.94. The van der Waals surface area contributed by atoms with Gasteiger partial charge in [-0.05, 0) is 6.92 Å². The van der Waals surface area contributed by atoms with Gasteiger partial charge in [-0.1, -0.05) is 6.92 Å². The number of fused-ring (bicyclic) bond motifs is 1. The van der Waals surface area contributed by atoms with Crippen LogP contribution in [0.25, 0.3) is 0 Å². The van der Waals surface area contributed by atoms with Crippen molar-refractivity contribution in [2.45, 2.75) is 32.5 Å². The smallest absolute Gasteiger partial charge is 0.389 e. The molecule has 0 spiro atoms. The Balaban J connectivity index is 2.22. The first-order chi connectivity index (χ1) is 9.28. The first-order valence-corrected chi connectivity index (χ1v) is 6.26. The molecule has 0 radical (unpaired) electrons. The number of hydrogen-bond acceptors (Lipinski definition) is 3. The average molecular weight is 288 g/mol. The number of pyridine rings is 1. The van der Waals surface area contributed by atoms with Crippen LogP contribution in [0, 0.1) is 5.92 Å². The Morgan fingerprint density at radius 3 is 2.95 bits per heavy atom. The van der Waals surface area contributed by atoms with Crippen molar-refractivity contribution in [2.75, 3.05) is 11.4 Å². The molecule has 1 aliphatic heterocycles. The van der Waals surface area contributed by atoms with E-state index in [2.05, 4.69) is 4.98 Å². The summed E-state index contributed by atoms with van der Waals surface area (Å²) >= 11 is 0. The number of halogens is 3. The Bertz CT molecular complexity index is 505. The molecule has 1 amide bonds. The van der Waals surface area contributed by atoms with Crippen molar-refractivity contribution in [1.82, 2.24) is 4.98 Å². The number of nitrogens with zero attached hydrogens (tertiary/aromatic N) is 2. The van der Waals surface area contributed by atoms with Crippen LogP contribution in [0.4, 0.5) is 18.9 Å². The Kier molecular flexibility index (Phi) is 3.87. The molecule has 0 bridgehead atoms. The number of hydrogen-bond donors (Lipinski definition) is 0. The fraction of sp³-hybridized carbons (Fsp3) is 0.538. The molecule has 2 rings (SSSR count). The van der Waals surface area contributed by atoms with Gasteiger partial charge in [-0.25, -0.2) is 0 Å². The van der Waals surface area contributed by atoms with Gasteiger partial charge in [0.15, 0.2) is 0 Å². The first-order valence-electron chi connectivity index (χ1n) is 6.26. The van der Waals surface area contributed by atoms with Gasteiger partial charge < -0.3 is 9.64 Å². The molecule has 0 saturated heterocycles. The molecule has 1 aliphatic rings. The van der Waals surface area contributed by atoms with Crippen LogP contribution in [0.5, 0.6) is 5.75 Å². The first kappa shape index (κ1) is 14.6. The summed E-state index contributed by atoms with van der Waals surface area (Å²) < 4.78 is 42.7. The van der Waals surface area contributed by atoms with Crippen molar-refractivity contribution in [2.24, 2.45) is 5.92 Å². The lowest BCUT2D eigenvalue weighted by Crippen LogP contribution is -2.45. The highest BCUT2D eigenvalue weighted by Gasteiger charge is 2.37. The molecule has 110 valence electrons. The van der Waals surface area contributed by atoms with E-state index in [1.807, 2.05) is 0 Å². The highest BCUT2D eigenvalue weighted by molar-refractivity contribution is 5.96. The predicted octanol–water partition coefficient (Wildman–Crippen LogP) is 2.78. The zero-order valence-electron chi connectivity index (χ0n) is 11.1. The fourth-order valence-electron chi connectivity index (χ4n) is 2.19. The van der Waals surface area contributed by atoms with Gasteiger partial charge in [0.1, 0.15) is 17.5 Å². The number of carbonyl (C=O) groups excluding carboxylic acids is 1. The largest absolute Gasteiger partial charge is 0.487 e. The molecule has 2 unspecified atom stereocenters. The molecule has 0 aliphatic carbocycles. The molecule has 2 atom stereocenters. The Morgan fingerprint density at radius 2 is 2.30 bits per heavy atom. The van der Waals surface area contributed by atoms with E-state index in [9.17, 15) is 18.0 Å². The van der Waals surface area contributed by atoms with Crippen LogP contribution in [0.3, 0.4) is 0 Å². The molecule has 0 N–H and O–H groups in total. The zero-order valence-corrected chi connectivity index (χ0v) is 11.1. The molecule has 4 nitrogen and oxygen atoms in total. The molecule has 7 heteroatoms. The van der Waals surface area contributed by atoms with E-state index in [0.29, 0.717) is 11.4 Å².